The Morgan fingerprint density at radius 2 is 1.57 bits per heavy atom. The van der Waals surface area contributed by atoms with Crippen molar-refractivity contribution in [3.63, 3.8) is 0 Å². The first kappa shape index (κ1) is 18.9. The number of rotatable bonds is 2. The van der Waals surface area contributed by atoms with Crippen LogP contribution < -0.4 is 31.4 Å². The second-order valence-corrected chi connectivity index (χ2v) is 9.90. The molecule has 0 saturated carbocycles. The quantitative estimate of drug-likeness (QED) is 0.388. The van der Waals surface area contributed by atoms with E-state index in [1.54, 1.807) is 8.88 Å². The number of nitrogens with one attached hydrogen (secondary N) is 1. The first-order valence-corrected chi connectivity index (χ1v) is 10.4. The molecular weight excluding hydrogens is 468 g/mol. The van der Waals surface area contributed by atoms with Crippen LogP contribution in [-0.2, 0) is 29.6 Å². The van der Waals surface area contributed by atoms with Gasteiger partial charge in [-0.15, -0.1) is 0 Å². The average molecular weight is 487 g/mol. The Balaban J connectivity index is 0.00000110. The van der Waals surface area contributed by atoms with Gasteiger partial charge in [-0.05, 0) is 0 Å². The van der Waals surface area contributed by atoms with E-state index in [9.17, 15) is 0 Å². The minimum Gasteiger partial charge on any atom is -1.00 e. The van der Waals surface area contributed by atoms with Crippen LogP contribution in [0.15, 0.2) is 42.5 Å². The summed E-state index contributed by atoms with van der Waals surface area (Å²) in [5.41, 5.74) is 6.24. The maximum absolute atomic E-state index is 3.79. The minimum atomic E-state index is -0.941. The molecule has 0 radical (unpaired) electrons. The van der Waals surface area contributed by atoms with E-state index in [0.29, 0.717) is 0 Å². The van der Waals surface area contributed by atoms with Crippen molar-refractivity contribution < 1.29 is 48.0 Å². The first-order valence-electron chi connectivity index (χ1n) is 6.78. The van der Waals surface area contributed by atoms with Crippen LogP contribution in [0.3, 0.4) is 0 Å². The summed E-state index contributed by atoms with van der Waals surface area (Å²) < 4.78 is 5.42. The zero-order valence-electron chi connectivity index (χ0n) is 12.5. The Morgan fingerprint density at radius 3 is 2.29 bits per heavy atom. The number of fused-ring (bicyclic) bond motifs is 3. The van der Waals surface area contributed by atoms with Crippen LogP contribution in [0.4, 0.5) is 0 Å². The first-order chi connectivity index (χ1) is 9.04. The Bertz CT molecular complexity index is 620. The van der Waals surface area contributed by atoms with Crippen LogP contribution >= 0.6 is 0 Å². The number of halogens is 2. The summed E-state index contributed by atoms with van der Waals surface area (Å²) in [6, 6.07) is 15.7. The molecule has 0 spiro atoms. The zero-order valence-corrected chi connectivity index (χ0v) is 17.6. The Kier molecular flexibility index (Phi) is 6.67. The van der Waals surface area contributed by atoms with Crippen molar-refractivity contribution in [2.45, 2.75) is 32.7 Å². The normalized spacial score (nSPS) is 11.6. The van der Waals surface area contributed by atoms with Gasteiger partial charge in [-0.1, -0.05) is 0 Å². The second kappa shape index (κ2) is 7.41. The fourth-order valence-electron chi connectivity index (χ4n) is 2.53. The molecule has 0 unspecified atom stereocenters. The van der Waals surface area contributed by atoms with Crippen molar-refractivity contribution >= 4 is 3.32 Å². The number of hydrogen-bond acceptors (Lipinski definition) is 1. The molecule has 2 aromatic carbocycles. The van der Waals surface area contributed by atoms with E-state index in [2.05, 4.69) is 66.5 Å². The molecule has 0 fully saturated rings. The van der Waals surface area contributed by atoms with Gasteiger partial charge in [0.2, 0.25) is 0 Å². The van der Waals surface area contributed by atoms with Crippen molar-refractivity contribution in [1.29, 1.82) is 0 Å². The SMILES string of the molecule is CC(C)(C)[NH][Hf+2][c]1cccc2c1Cc1ccccc1-2.[Cl-].[Cl-]. The van der Waals surface area contributed by atoms with Crippen molar-refractivity contribution in [2.75, 3.05) is 0 Å². The molecule has 0 aromatic heterocycles. The van der Waals surface area contributed by atoms with Gasteiger partial charge in [-0.25, -0.2) is 0 Å². The minimum absolute atomic E-state index is 0. The molecule has 1 aliphatic carbocycles. The third kappa shape index (κ3) is 4.19. The number of benzene rings is 2. The molecule has 1 N–H and O–H groups in total. The van der Waals surface area contributed by atoms with E-state index in [4.69, 9.17) is 0 Å². The molecule has 2 aromatic rings. The molecule has 0 bridgehead atoms. The van der Waals surface area contributed by atoms with Gasteiger partial charge in [-0.3, -0.25) is 0 Å². The fraction of sp³-hybridized carbons (Fsp3) is 0.294. The summed E-state index contributed by atoms with van der Waals surface area (Å²) in [6.07, 6.45) is 1.13. The monoisotopic (exact) mass is 487 g/mol. The maximum Gasteiger partial charge on any atom is -1.00 e. The van der Waals surface area contributed by atoms with Gasteiger partial charge < -0.3 is 24.8 Å². The summed E-state index contributed by atoms with van der Waals surface area (Å²) in [5.74, 6) is 0. The van der Waals surface area contributed by atoms with Gasteiger partial charge in [-0.2, -0.15) is 0 Å². The van der Waals surface area contributed by atoms with E-state index >= 15 is 0 Å². The van der Waals surface area contributed by atoms with E-state index in [1.807, 2.05) is 0 Å². The largest absolute Gasteiger partial charge is 1.00 e. The molecule has 110 valence electrons. The van der Waals surface area contributed by atoms with Gasteiger partial charge in [0.1, 0.15) is 0 Å². The Hall–Kier alpha value is -0.150. The maximum atomic E-state index is 3.79. The van der Waals surface area contributed by atoms with Gasteiger partial charge in [0.25, 0.3) is 0 Å². The smallest absolute Gasteiger partial charge is 1.00 e. The van der Waals surface area contributed by atoms with E-state index in [1.165, 1.54) is 16.7 Å². The topological polar surface area (TPSA) is 12.0 Å². The standard InChI is InChI=1S/C13H9.C4H10N.2ClH.Hf/c1-3-7-12-10(5-1)9-11-6-2-4-8-13(11)12;1-4(2,3)5;;;/h1-5,7-8H,9H2;5H,1-3H3;2*1H;/q;-1;;;+3/p-2. The molecule has 0 amide bonds. The molecule has 3 rings (SSSR count). The predicted molar refractivity (Wildman–Crippen MR) is 77.2 cm³/mol. The van der Waals surface area contributed by atoms with Crippen molar-refractivity contribution in [2.24, 2.45) is 0 Å². The molecule has 0 atom stereocenters. The van der Waals surface area contributed by atoms with Crippen molar-refractivity contribution in [3.8, 4) is 11.1 Å². The van der Waals surface area contributed by atoms with Crippen molar-refractivity contribution in [3.05, 3.63) is 53.6 Å². The summed E-state index contributed by atoms with van der Waals surface area (Å²) in [4.78, 5) is 0. The molecular formula is C17H19Cl2HfN. The molecule has 4 heteroatoms. The van der Waals surface area contributed by atoms with Crippen LogP contribution in [0, 0.1) is 0 Å². The predicted octanol–water partition coefficient (Wildman–Crippen LogP) is -2.72. The molecule has 0 aliphatic heterocycles. The van der Waals surface area contributed by atoms with Crippen LogP contribution in [0.25, 0.3) is 11.1 Å². The van der Waals surface area contributed by atoms with Crippen LogP contribution in [-0.4, -0.2) is 5.54 Å². The van der Waals surface area contributed by atoms with Gasteiger partial charge >= 0.3 is 127 Å². The molecule has 0 saturated heterocycles. The Labute approximate surface area is 151 Å². The van der Waals surface area contributed by atoms with Crippen LogP contribution in [0.2, 0.25) is 0 Å². The zero-order chi connectivity index (χ0) is 13.5. The van der Waals surface area contributed by atoms with Crippen molar-refractivity contribution in [1.82, 2.24) is 3.30 Å². The third-order valence-electron chi connectivity index (χ3n) is 3.42. The fourth-order valence-corrected chi connectivity index (χ4v) is 6.35. The van der Waals surface area contributed by atoms with Crippen LogP contribution in [0.5, 0.6) is 0 Å². The number of hydrogen-bond donors (Lipinski definition) is 1. The molecule has 0 heterocycles. The van der Waals surface area contributed by atoms with Gasteiger partial charge in [0, 0.05) is 0 Å². The van der Waals surface area contributed by atoms with E-state index in [0.717, 1.165) is 6.42 Å². The summed E-state index contributed by atoms with van der Waals surface area (Å²) in [7, 11) is 0. The van der Waals surface area contributed by atoms with Crippen LogP contribution in [0.1, 0.15) is 31.9 Å². The second-order valence-electron chi connectivity index (χ2n) is 6.17. The molecule has 1 nitrogen and oxygen atoms in total. The van der Waals surface area contributed by atoms with E-state index in [-0.39, 0.29) is 30.4 Å². The van der Waals surface area contributed by atoms with Gasteiger partial charge in [0.15, 0.2) is 0 Å². The molecule has 1 aliphatic rings. The average Bonchev–Trinajstić information content (AvgIpc) is 2.74. The molecule has 21 heavy (non-hydrogen) atoms. The van der Waals surface area contributed by atoms with Gasteiger partial charge in [0.05, 0.1) is 0 Å². The summed E-state index contributed by atoms with van der Waals surface area (Å²) in [6.45, 7) is 6.79. The Morgan fingerprint density at radius 1 is 0.905 bits per heavy atom. The summed E-state index contributed by atoms with van der Waals surface area (Å²) >= 11 is -0.941. The van der Waals surface area contributed by atoms with E-state index < -0.39 is 23.2 Å². The summed E-state index contributed by atoms with van der Waals surface area (Å²) in [5, 5.41) is 0. The third-order valence-corrected chi connectivity index (χ3v) is 9.22.